The first-order chi connectivity index (χ1) is 9.99. The van der Waals surface area contributed by atoms with E-state index in [9.17, 15) is 4.39 Å². The standard InChI is InChI=1S/C16H18BrFN2O/c1-9-8-14(21-3)10(2)7-12(9)16(20-19)11-5-4-6-13(18)15(11)17/h4-8,16,20H,19H2,1-3H3. The number of halogens is 2. The average molecular weight is 353 g/mol. The largest absolute Gasteiger partial charge is 0.496 e. The maximum absolute atomic E-state index is 13.8. The van der Waals surface area contributed by atoms with Gasteiger partial charge in [-0.15, -0.1) is 0 Å². The quantitative estimate of drug-likeness (QED) is 0.650. The van der Waals surface area contributed by atoms with E-state index in [1.54, 1.807) is 13.2 Å². The molecule has 0 aliphatic carbocycles. The van der Waals surface area contributed by atoms with Crippen molar-refractivity contribution in [2.75, 3.05) is 7.11 Å². The van der Waals surface area contributed by atoms with Crippen LogP contribution in [0, 0.1) is 19.7 Å². The lowest BCUT2D eigenvalue weighted by Crippen LogP contribution is -2.30. The van der Waals surface area contributed by atoms with Crippen molar-refractivity contribution in [2.24, 2.45) is 5.84 Å². The monoisotopic (exact) mass is 352 g/mol. The first-order valence-corrected chi connectivity index (χ1v) is 7.34. The highest BCUT2D eigenvalue weighted by molar-refractivity contribution is 9.10. The van der Waals surface area contributed by atoms with Crippen molar-refractivity contribution >= 4 is 15.9 Å². The third-order valence-corrected chi connectivity index (χ3v) is 4.39. The highest BCUT2D eigenvalue weighted by atomic mass is 79.9. The molecule has 3 N–H and O–H groups in total. The van der Waals surface area contributed by atoms with Gasteiger partial charge in [0.2, 0.25) is 0 Å². The number of methoxy groups -OCH3 is 1. The summed E-state index contributed by atoms with van der Waals surface area (Å²) in [6.45, 7) is 3.95. The Morgan fingerprint density at radius 3 is 2.52 bits per heavy atom. The Morgan fingerprint density at radius 2 is 1.90 bits per heavy atom. The molecule has 0 fully saturated rings. The second kappa shape index (κ2) is 6.56. The van der Waals surface area contributed by atoms with Crippen LogP contribution in [0.2, 0.25) is 0 Å². The van der Waals surface area contributed by atoms with Crippen molar-refractivity contribution in [1.29, 1.82) is 0 Å². The fraction of sp³-hybridized carbons (Fsp3) is 0.250. The molecule has 0 heterocycles. The van der Waals surface area contributed by atoms with Crippen LogP contribution in [-0.4, -0.2) is 7.11 Å². The molecule has 0 aliphatic rings. The summed E-state index contributed by atoms with van der Waals surface area (Å²) in [4.78, 5) is 0. The van der Waals surface area contributed by atoms with Gasteiger partial charge in [-0.25, -0.2) is 9.82 Å². The molecule has 112 valence electrons. The molecule has 1 atom stereocenters. The molecule has 0 saturated carbocycles. The fourth-order valence-electron chi connectivity index (χ4n) is 2.43. The minimum absolute atomic E-state index is 0.306. The molecular weight excluding hydrogens is 335 g/mol. The van der Waals surface area contributed by atoms with E-state index in [0.29, 0.717) is 4.47 Å². The number of benzene rings is 2. The van der Waals surface area contributed by atoms with Crippen LogP contribution in [0.3, 0.4) is 0 Å². The van der Waals surface area contributed by atoms with Gasteiger partial charge in [-0.05, 0) is 64.2 Å². The fourth-order valence-corrected chi connectivity index (χ4v) is 2.93. The number of nitrogens with one attached hydrogen (secondary N) is 1. The minimum Gasteiger partial charge on any atom is -0.496 e. The van der Waals surface area contributed by atoms with Gasteiger partial charge in [-0.2, -0.15) is 0 Å². The molecule has 5 heteroatoms. The van der Waals surface area contributed by atoms with Crippen LogP contribution in [0.15, 0.2) is 34.8 Å². The Labute approximate surface area is 132 Å². The van der Waals surface area contributed by atoms with Crippen LogP contribution in [0.4, 0.5) is 4.39 Å². The number of hydrogen-bond acceptors (Lipinski definition) is 3. The molecule has 0 spiro atoms. The van der Waals surface area contributed by atoms with Gasteiger partial charge in [-0.1, -0.05) is 18.2 Å². The Kier molecular flexibility index (Phi) is 4.98. The van der Waals surface area contributed by atoms with Gasteiger partial charge in [0, 0.05) is 0 Å². The predicted molar refractivity (Wildman–Crippen MR) is 85.7 cm³/mol. The van der Waals surface area contributed by atoms with Gasteiger partial charge >= 0.3 is 0 Å². The normalized spacial score (nSPS) is 12.3. The molecule has 0 radical (unpaired) electrons. The van der Waals surface area contributed by atoms with Crippen LogP contribution >= 0.6 is 15.9 Å². The van der Waals surface area contributed by atoms with Crippen molar-refractivity contribution in [2.45, 2.75) is 19.9 Å². The minimum atomic E-state index is -0.310. The Hall–Kier alpha value is -1.43. The lowest BCUT2D eigenvalue weighted by molar-refractivity contribution is 0.411. The topological polar surface area (TPSA) is 47.3 Å². The Morgan fingerprint density at radius 1 is 1.19 bits per heavy atom. The summed E-state index contributed by atoms with van der Waals surface area (Å²) in [5.74, 6) is 6.24. The number of ether oxygens (including phenoxy) is 1. The van der Waals surface area contributed by atoms with E-state index < -0.39 is 0 Å². The van der Waals surface area contributed by atoms with Gasteiger partial charge < -0.3 is 4.74 Å². The van der Waals surface area contributed by atoms with Gasteiger partial charge in [0.05, 0.1) is 17.6 Å². The lowest BCUT2D eigenvalue weighted by Gasteiger charge is -2.22. The molecule has 0 saturated heterocycles. The van der Waals surface area contributed by atoms with E-state index >= 15 is 0 Å². The third kappa shape index (κ3) is 3.10. The van der Waals surface area contributed by atoms with E-state index in [0.717, 1.165) is 28.0 Å². The maximum atomic E-state index is 13.8. The van der Waals surface area contributed by atoms with Crippen molar-refractivity contribution in [3.05, 3.63) is 62.9 Å². The molecule has 2 aromatic rings. The molecule has 0 bridgehead atoms. The Bertz CT molecular complexity index is 661. The number of hydrazine groups is 1. The molecule has 2 rings (SSSR count). The summed E-state index contributed by atoms with van der Waals surface area (Å²) >= 11 is 3.29. The summed E-state index contributed by atoms with van der Waals surface area (Å²) in [5.41, 5.74) is 6.54. The first kappa shape index (κ1) is 15.9. The molecule has 1 unspecified atom stereocenters. The second-order valence-corrected chi connectivity index (χ2v) is 5.71. The number of rotatable bonds is 4. The van der Waals surface area contributed by atoms with Crippen LogP contribution < -0.4 is 16.0 Å². The summed E-state index contributed by atoms with van der Waals surface area (Å²) in [6, 6.07) is 8.59. The summed E-state index contributed by atoms with van der Waals surface area (Å²) < 4.78 is 19.5. The van der Waals surface area contributed by atoms with Gasteiger partial charge in [-0.3, -0.25) is 5.84 Å². The van der Waals surface area contributed by atoms with Crippen LogP contribution in [0.5, 0.6) is 5.75 Å². The zero-order chi connectivity index (χ0) is 15.6. The van der Waals surface area contributed by atoms with Gasteiger partial charge in [0.25, 0.3) is 0 Å². The highest BCUT2D eigenvalue weighted by Crippen LogP contribution is 2.34. The number of hydrogen-bond donors (Lipinski definition) is 2. The van der Waals surface area contributed by atoms with E-state index in [2.05, 4.69) is 21.4 Å². The molecular formula is C16H18BrFN2O. The smallest absolute Gasteiger partial charge is 0.137 e. The molecule has 0 aromatic heterocycles. The van der Waals surface area contributed by atoms with E-state index in [1.165, 1.54) is 6.07 Å². The van der Waals surface area contributed by atoms with Crippen molar-refractivity contribution in [3.8, 4) is 5.75 Å². The van der Waals surface area contributed by atoms with Crippen molar-refractivity contribution in [1.82, 2.24) is 5.43 Å². The van der Waals surface area contributed by atoms with E-state index in [-0.39, 0.29) is 11.9 Å². The van der Waals surface area contributed by atoms with Crippen LogP contribution in [0.25, 0.3) is 0 Å². The summed E-state index contributed by atoms with van der Waals surface area (Å²) in [6.07, 6.45) is 0. The Balaban J connectivity index is 2.57. The predicted octanol–water partition coefficient (Wildman–Crippen LogP) is 3.77. The van der Waals surface area contributed by atoms with Crippen LogP contribution in [0.1, 0.15) is 28.3 Å². The average Bonchev–Trinajstić information content (AvgIpc) is 2.47. The van der Waals surface area contributed by atoms with E-state index in [1.807, 2.05) is 32.0 Å². The van der Waals surface area contributed by atoms with Gasteiger partial charge in [0.1, 0.15) is 11.6 Å². The third-order valence-electron chi connectivity index (χ3n) is 3.55. The summed E-state index contributed by atoms with van der Waals surface area (Å²) in [7, 11) is 1.64. The lowest BCUT2D eigenvalue weighted by atomic mass is 9.93. The molecule has 21 heavy (non-hydrogen) atoms. The van der Waals surface area contributed by atoms with Crippen molar-refractivity contribution in [3.63, 3.8) is 0 Å². The zero-order valence-electron chi connectivity index (χ0n) is 12.2. The van der Waals surface area contributed by atoms with E-state index in [4.69, 9.17) is 10.6 Å². The van der Waals surface area contributed by atoms with Crippen molar-refractivity contribution < 1.29 is 9.13 Å². The maximum Gasteiger partial charge on any atom is 0.137 e. The zero-order valence-corrected chi connectivity index (χ0v) is 13.8. The molecule has 0 amide bonds. The molecule has 3 nitrogen and oxygen atoms in total. The molecule has 0 aliphatic heterocycles. The SMILES string of the molecule is COc1cc(C)c(C(NN)c2cccc(F)c2Br)cc1C. The molecule has 2 aromatic carbocycles. The van der Waals surface area contributed by atoms with Crippen LogP contribution in [-0.2, 0) is 0 Å². The summed E-state index contributed by atoms with van der Waals surface area (Å²) in [5, 5.41) is 0. The van der Waals surface area contributed by atoms with Gasteiger partial charge in [0.15, 0.2) is 0 Å². The number of aryl methyl sites for hydroxylation is 2. The highest BCUT2D eigenvalue weighted by Gasteiger charge is 2.20. The second-order valence-electron chi connectivity index (χ2n) is 4.92. The first-order valence-electron chi connectivity index (χ1n) is 6.54. The number of nitrogens with two attached hydrogens (primary N) is 1.